The molecule has 1 amide bonds. The monoisotopic (exact) mass is 419 g/mol. The quantitative estimate of drug-likeness (QED) is 0.376. The molecule has 0 saturated carbocycles. The van der Waals surface area contributed by atoms with E-state index in [1.54, 1.807) is 61.5 Å². The molecule has 3 rings (SSSR count). The maximum absolute atomic E-state index is 12.7. The Bertz CT molecular complexity index is 1100. The number of ether oxygens (including phenoxy) is 1. The summed E-state index contributed by atoms with van der Waals surface area (Å²) in [4.78, 5) is 37.6. The number of benzene rings is 2. The van der Waals surface area contributed by atoms with E-state index in [0.29, 0.717) is 11.1 Å². The van der Waals surface area contributed by atoms with Crippen molar-refractivity contribution >= 4 is 23.5 Å². The Morgan fingerprint density at radius 3 is 2.32 bits per heavy atom. The molecule has 0 spiro atoms. The molecule has 158 valence electrons. The van der Waals surface area contributed by atoms with E-state index in [-0.39, 0.29) is 12.3 Å². The van der Waals surface area contributed by atoms with E-state index in [2.05, 4.69) is 5.43 Å². The highest BCUT2D eigenvalue weighted by Crippen LogP contribution is 2.28. The minimum atomic E-state index is -0.935. The highest BCUT2D eigenvalue weighted by atomic mass is 16.5. The molecule has 0 radical (unpaired) electrons. The number of amidine groups is 1. The first kappa shape index (κ1) is 21.5. The van der Waals surface area contributed by atoms with Crippen LogP contribution in [0.2, 0.25) is 0 Å². The Labute approximate surface area is 178 Å². The van der Waals surface area contributed by atoms with Crippen LogP contribution in [0.25, 0.3) is 0 Å². The van der Waals surface area contributed by atoms with Crippen LogP contribution in [0.4, 0.5) is 0 Å². The summed E-state index contributed by atoms with van der Waals surface area (Å²) in [5.41, 5.74) is 3.41. The fourth-order valence-corrected chi connectivity index (χ4v) is 2.90. The molecule has 0 saturated heterocycles. The summed E-state index contributed by atoms with van der Waals surface area (Å²) in [5.74, 6) is -3.13. The van der Waals surface area contributed by atoms with Gasteiger partial charge in [-0.1, -0.05) is 48.0 Å². The summed E-state index contributed by atoms with van der Waals surface area (Å²) in [6, 6.07) is 15.0. The summed E-state index contributed by atoms with van der Waals surface area (Å²) in [6.07, 6.45) is 1.06. The Hall–Kier alpha value is -4.20. The number of hydrogen-bond acceptors (Lipinski definition) is 6. The largest absolute Gasteiger partial charge is 0.505 e. The molecular formula is C23H21N3O5. The lowest BCUT2D eigenvalue weighted by atomic mass is 10.1. The number of ketones is 1. The van der Waals surface area contributed by atoms with Crippen molar-refractivity contribution in [3.8, 4) is 0 Å². The van der Waals surface area contributed by atoms with E-state index in [1.807, 2.05) is 6.92 Å². The van der Waals surface area contributed by atoms with Gasteiger partial charge in [-0.15, -0.1) is 0 Å². The maximum atomic E-state index is 12.7. The van der Waals surface area contributed by atoms with Crippen molar-refractivity contribution in [3.05, 3.63) is 94.4 Å². The third kappa shape index (κ3) is 4.53. The highest BCUT2D eigenvalue weighted by Gasteiger charge is 2.39. The standard InChI is InChI=1S/C23H21N3O5/c1-3-31-23(30)19-20(28)17(13-18(27)15-11-9-14(2)10-12-15)26(21(19)24)25-22(29)16-7-5-4-6-8-16/h4-13,24,28H,3H2,1-2H3,(H,25,29). The van der Waals surface area contributed by atoms with Crippen molar-refractivity contribution in [1.29, 1.82) is 5.41 Å². The zero-order chi connectivity index (χ0) is 22.5. The molecule has 0 bridgehead atoms. The van der Waals surface area contributed by atoms with Gasteiger partial charge in [0.2, 0.25) is 0 Å². The first-order valence-electron chi connectivity index (χ1n) is 9.52. The number of carbonyl (C=O) groups excluding carboxylic acids is 3. The molecule has 0 fully saturated rings. The van der Waals surface area contributed by atoms with Crippen LogP contribution in [-0.4, -0.2) is 40.2 Å². The number of aryl methyl sites for hydroxylation is 1. The molecule has 8 heteroatoms. The van der Waals surface area contributed by atoms with E-state index < -0.39 is 34.8 Å². The lowest BCUT2D eigenvalue weighted by Crippen LogP contribution is -2.43. The van der Waals surface area contributed by atoms with Gasteiger partial charge in [0.1, 0.15) is 11.3 Å². The topological polar surface area (TPSA) is 120 Å². The van der Waals surface area contributed by atoms with Crippen molar-refractivity contribution in [3.63, 3.8) is 0 Å². The molecule has 0 atom stereocenters. The molecule has 0 aromatic heterocycles. The molecule has 8 nitrogen and oxygen atoms in total. The van der Waals surface area contributed by atoms with Crippen LogP contribution in [0, 0.1) is 12.3 Å². The number of nitrogens with zero attached hydrogens (tertiary/aromatic N) is 1. The fraction of sp³-hybridized carbons (Fsp3) is 0.130. The van der Waals surface area contributed by atoms with E-state index in [0.717, 1.165) is 16.6 Å². The van der Waals surface area contributed by atoms with Gasteiger partial charge in [-0.25, -0.2) is 9.80 Å². The zero-order valence-electron chi connectivity index (χ0n) is 17.0. The second kappa shape index (κ2) is 9.08. The second-order valence-electron chi connectivity index (χ2n) is 6.69. The number of amides is 1. The number of nitrogens with one attached hydrogen (secondary N) is 2. The number of esters is 1. The fourth-order valence-electron chi connectivity index (χ4n) is 2.90. The van der Waals surface area contributed by atoms with E-state index >= 15 is 0 Å². The van der Waals surface area contributed by atoms with Gasteiger partial charge in [0.15, 0.2) is 17.4 Å². The molecular weight excluding hydrogens is 398 g/mol. The number of allylic oxidation sites excluding steroid dienone is 1. The third-order valence-corrected chi connectivity index (χ3v) is 4.51. The summed E-state index contributed by atoms with van der Waals surface area (Å²) in [5, 5.41) is 19.8. The van der Waals surface area contributed by atoms with E-state index in [1.165, 1.54) is 0 Å². The number of aliphatic hydroxyl groups excluding tert-OH is 1. The predicted octanol–water partition coefficient (Wildman–Crippen LogP) is 3.07. The molecule has 0 unspecified atom stereocenters. The summed E-state index contributed by atoms with van der Waals surface area (Å²) in [7, 11) is 0. The minimum Gasteiger partial charge on any atom is -0.505 e. The third-order valence-electron chi connectivity index (χ3n) is 4.51. The molecule has 0 aliphatic carbocycles. The number of carbonyl (C=O) groups is 3. The molecule has 2 aromatic carbocycles. The Morgan fingerprint density at radius 2 is 1.71 bits per heavy atom. The van der Waals surface area contributed by atoms with Crippen molar-refractivity contribution in [1.82, 2.24) is 10.4 Å². The first-order chi connectivity index (χ1) is 14.8. The van der Waals surface area contributed by atoms with E-state index in [9.17, 15) is 19.5 Å². The number of aliphatic hydroxyl groups is 1. The molecule has 31 heavy (non-hydrogen) atoms. The van der Waals surface area contributed by atoms with Crippen LogP contribution in [0.1, 0.15) is 33.2 Å². The summed E-state index contributed by atoms with van der Waals surface area (Å²) >= 11 is 0. The lowest BCUT2D eigenvalue weighted by molar-refractivity contribution is -0.138. The number of hydrogen-bond donors (Lipinski definition) is 3. The molecule has 2 aromatic rings. The lowest BCUT2D eigenvalue weighted by Gasteiger charge is -2.21. The number of rotatable bonds is 6. The SMILES string of the molecule is CCOC(=O)C1=C(O)C(=CC(=O)c2ccc(C)cc2)N(NC(=O)c2ccccc2)C1=N. The molecule has 1 heterocycles. The number of hydrazine groups is 1. The molecule has 1 aliphatic heterocycles. The average Bonchev–Trinajstić information content (AvgIpc) is 2.98. The second-order valence-corrected chi connectivity index (χ2v) is 6.69. The Kier molecular flexibility index (Phi) is 6.30. The van der Waals surface area contributed by atoms with Crippen molar-refractivity contribution in [2.24, 2.45) is 0 Å². The minimum absolute atomic E-state index is 0.0284. The van der Waals surface area contributed by atoms with Gasteiger partial charge in [0.05, 0.1) is 6.61 Å². The molecule has 3 N–H and O–H groups in total. The normalized spacial score (nSPS) is 14.7. The maximum Gasteiger partial charge on any atom is 0.345 e. The van der Waals surface area contributed by atoms with Gasteiger partial charge in [0.25, 0.3) is 5.91 Å². The summed E-state index contributed by atoms with van der Waals surface area (Å²) in [6.45, 7) is 3.49. The van der Waals surface area contributed by atoms with Gasteiger partial charge in [0, 0.05) is 17.2 Å². The van der Waals surface area contributed by atoms with Crippen LogP contribution in [-0.2, 0) is 9.53 Å². The summed E-state index contributed by atoms with van der Waals surface area (Å²) < 4.78 is 4.91. The first-order valence-corrected chi connectivity index (χ1v) is 9.52. The van der Waals surface area contributed by atoms with Gasteiger partial charge < -0.3 is 9.84 Å². The average molecular weight is 419 g/mol. The van der Waals surface area contributed by atoms with Gasteiger partial charge in [-0.05, 0) is 26.0 Å². The highest BCUT2D eigenvalue weighted by molar-refractivity contribution is 6.22. The Morgan fingerprint density at radius 1 is 1.06 bits per heavy atom. The van der Waals surface area contributed by atoms with Crippen LogP contribution in [0.5, 0.6) is 0 Å². The van der Waals surface area contributed by atoms with Crippen LogP contribution < -0.4 is 5.43 Å². The Balaban J connectivity index is 1.99. The van der Waals surface area contributed by atoms with Crippen LogP contribution in [0.3, 0.4) is 0 Å². The predicted molar refractivity (Wildman–Crippen MR) is 113 cm³/mol. The van der Waals surface area contributed by atoms with Crippen molar-refractivity contribution in [2.75, 3.05) is 6.61 Å². The smallest absolute Gasteiger partial charge is 0.345 e. The van der Waals surface area contributed by atoms with Gasteiger partial charge >= 0.3 is 5.97 Å². The van der Waals surface area contributed by atoms with Gasteiger partial charge in [-0.2, -0.15) is 0 Å². The van der Waals surface area contributed by atoms with Crippen molar-refractivity contribution in [2.45, 2.75) is 13.8 Å². The van der Waals surface area contributed by atoms with Crippen molar-refractivity contribution < 1.29 is 24.2 Å². The van der Waals surface area contributed by atoms with E-state index in [4.69, 9.17) is 10.1 Å². The van der Waals surface area contributed by atoms with Gasteiger partial charge in [-0.3, -0.25) is 20.4 Å². The molecule has 1 aliphatic rings. The van der Waals surface area contributed by atoms with Crippen LogP contribution in [0.15, 0.2) is 77.7 Å². The van der Waals surface area contributed by atoms with Crippen LogP contribution >= 0.6 is 0 Å². The zero-order valence-corrected chi connectivity index (χ0v) is 17.0.